The molecule has 0 N–H and O–H groups in total. The lowest BCUT2D eigenvalue weighted by atomic mass is 10.1. The van der Waals surface area contributed by atoms with E-state index in [0.29, 0.717) is 18.8 Å². The molecule has 1 fully saturated rings. The number of rotatable bonds is 3. The van der Waals surface area contributed by atoms with E-state index in [4.69, 9.17) is 0 Å². The van der Waals surface area contributed by atoms with Crippen molar-refractivity contribution < 1.29 is 13.6 Å². The Hall–Kier alpha value is -2.77. The highest BCUT2D eigenvalue weighted by molar-refractivity contribution is 5.99. The molecule has 3 heterocycles. The first kappa shape index (κ1) is 17.6. The van der Waals surface area contributed by atoms with Crippen molar-refractivity contribution in [2.24, 2.45) is 0 Å². The van der Waals surface area contributed by atoms with Crippen molar-refractivity contribution in [1.29, 1.82) is 0 Å². The quantitative estimate of drug-likeness (QED) is 0.830. The van der Waals surface area contributed by atoms with Gasteiger partial charge in [-0.05, 0) is 31.9 Å². The second-order valence-corrected chi connectivity index (χ2v) is 6.80. The van der Waals surface area contributed by atoms with Gasteiger partial charge in [0.05, 0.1) is 6.20 Å². The lowest BCUT2D eigenvalue weighted by molar-refractivity contribution is 0.0673. The van der Waals surface area contributed by atoms with Crippen LogP contribution in [0.5, 0.6) is 0 Å². The molecule has 1 aliphatic carbocycles. The fourth-order valence-electron chi connectivity index (χ4n) is 3.59. The molecule has 0 unspecified atom stereocenters. The Labute approximate surface area is 155 Å². The molecule has 1 saturated heterocycles. The number of nitrogens with zero attached hydrogens (tertiary/aromatic N) is 5. The van der Waals surface area contributed by atoms with Crippen LogP contribution in [0.1, 0.15) is 41.0 Å². The van der Waals surface area contributed by atoms with Crippen molar-refractivity contribution in [3.05, 3.63) is 53.1 Å². The third-order valence-electron chi connectivity index (χ3n) is 4.99. The van der Waals surface area contributed by atoms with Crippen LogP contribution in [0, 0.1) is 6.92 Å². The third kappa shape index (κ3) is 3.31. The van der Waals surface area contributed by atoms with E-state index in [1.54, 1.807) is 11.8 Å². The minimum Gasteiger partial charge on any atom is -0.368 e. The molecule has 0 radical (unpaired) electrons. The zero-order chi connectivity index (χ0) is 19.0. The Morgan fingerprint density at radius 3 is 2.63 bits per heavy atom. The molecule has 0 atom stereocenters. The van der Waals surface area contributed by atoms with Gasteiger partial charge in [0, 0.05) is 37.6 Å². The van der Waals surface area contributed by atoms with Crippen molar-refractivity contribution in [2.45, 2.75) is 26.2 Å². The summed E-state index contributed by atoms with van der Waals surface area (Å²) in [7, 11) is 0. The van der Waals surface area contributed by atoms with Crippen LogP contribution < -0.4 is 0 Å². The van der Waals surface area contributed by atoms with Crippen molar-refractivity contribution in [1.82, 2.24) is 24.4 Å². The van der Waals surface area contributed by atoms with Crippen molar-refractivity contribution >= 4 is 11.6 Å². The van der Waals surface area contributed by atoms with Gasteiger partial charge in [-0.15, -0.1) is 0 Å². The minimum atomic E-state index is -2.68. The monoisotopic (exact) mass is 373 g/mol. The maximum Gasteiger partial charge on any atom is 0.280 e. The number of hydrogen-bond acceptors (Lipinski definition) is 4. The van der Waals surface area contributed by atoms with Gasteiger partial charge in [0.1, 0.15) is 11.3 Å². The number of aromatic nitrogens is 3. The Kier molecular flexibility index (Phi) is 4.63. The molecule has 8 heteroatoms. The van der Waals surface area contributed by atoms with E-state index in [-0.39, 0.29) is 22.8 Å². The standard InChI is InChI=1S/C19H21F2N5O/c1-13-11-16(17(20)21)26-18(23-13)15(12-22-26)19(27)25-9-7-24(8-10-25)14-5-3-2-4-6-14/h3,5-6,11-12,17H,2,4,7-10H2,1H3. The molecule has 2 aromatic heterocycles. The number of allylic oxidation sites excluding steroid dienone is 3. The van der Waals surface area contributed by atoms with Gasteiger partial charge >= 0.3 is 0 Å². The van der Waals surface area contributed by atoms with Crippen molar-refractivity contribution in [3.63, 3.8) is 0 Å². The number of fused-ring (bicyclic) bond motifs is 1. The second-order valence-electron chi connectivity index (χ2n) is 6.80. The molecule has 2 aliphatic rings. The van der Waals surface area contributed by atoms with Gasteiger partial charge in [-0.2, -0.15) is 5.10 Å². The van der Waals surface area contributed by atoms with Crippen LogP contribution in [0.3, 0.4) is 0 Å². The number of alkyl halides is 2. The highest BCUT2D eigenvalue weighted by Crippen LogP contribution is 2.23. The van der Waals surface area contributed by atoms with Gasteiger partial charge in [-0.1, -0.05) is 12.2 Å². The Balaban J connectivity index is 1.54. The Morgan fingerprint density at radius 2 is 1.96 bits per heavy atom. The second kappa shape index (κ2) is 7.09. The first-order valence-electron chi connectivity index (χ1n) is 9.09. The van der Waals surface area contributed by atoms with Gasteiger partial charge in [-0.25, -0.2) is 18.3 Å². The summed E-state index contributed by atoms with van der Waals surface area (Å²) in [6, 6.07) is 1.29. The summed E-state index contributed by atoms with van der Waals surface area (Å²) in [5, 5.41) is 3.98. The van der Waals surface area contributed by atoms with Crippen LogP contribution in [0.25, 0.3) is 5.65 Å². The smallest absolute Gasteiger partial charge is 0.280 e. The molecule has 2 aromatic rings. The van der Waals surface area contributed by atoms with Crippen LogP contribution >= 0.6 is 0 Å². The van der Waals surface area contributed by atoms with E-state index >= 15 is 0 Å². The van der Waals surface area contributed by atoms with Crippen LogP contribution in [0.4, 0.5) is 8.78 Å². The number of carbonyl (C=O) groups is 1. The predicted molar refractivity (Wildman–Crippen MR) is 96.6 cm³/mol. The molecular formula is C19H21F2N5O. The lowest BCUT2D eigenvalue weighted by Crippen LogP contribution is -2.48. The molecule has 1 aliphatic heterocycles. The van der Waals surface area contributed by atoms with Crippen LogP contribution in [0.2, 0.25) is 0 Å². The number of piperazine rings is 1. The molecule has 1 amide bonds. The fourth-order valence-corrected chi connectivity index (χ4v) is 3.59. The van der Waals surface area contributed by atoms with Gasteiger partial charge < -0.3 is 9.80 Å². The van der Waals surface area contributed by atoms with E-state index in [1.807, 2.05) is 0 Å². The van der Waals surface area contributed by atoms with Crippen LogP contribution in [0.15, 0.2) is 36.2 Å². The fraction of sp³-hybridized carbons (Fsp3) is 0.421. The van der Waals surface area contributed by atoms with Gasteiger partial charge in [0.15, 0.2) is 5.65 Å². The van der Waals surface area contributed by atoms with Crippen molar-refractivity contribution in [2.75, 3.05) is 26.2 Å². The molecule has 0 spiro atoms. The molecule has 4 rings (SSSR count). The van der Waals surface area contributed by atoms with E-state index in [2.05, 4.69) is 33.2 Å². The highest BCUT2D eigenvalue weighted by atomic mass is 19.3. The number of carbonyl (C=O) groups excluding carboxylic acids is 1. The normalized spacial score (nSPS) is 17.7. The minimum absolute atomic E-state index is 0.190. The molecule has 6 nitrogen and oxygen atoms in total. The molecule has 0 saturated carbocycles. The summed E-state index contributed by atoms with van der Waals surface area (Å²) in [6.45, 7) is 4.28. The summed E-state index contributed by atoms with van der Waals surface area (Å²) in [4.78, 5) is 21.2. The average molecular weight is 373 g/mol. The summed E-state index contributed by atoms with van der Waals surface area (Å²) >= 11 is 0. The number of aryl methyl sites for hydroxylation is 1. The number of amides is 1. The summed E-state index contributed by atoms with van der Waals surface area (Å²) < 4.78 is 27.6. The molecule has 0 bridgehead atoms. The molecule has 0 aromatic carbocycles. The van der Waals surface area contributed by atoms with Crippen LogP contribution in [-0.4, -0.2) is 56.5 Å². The summed E-state index contributed by atoms with van der Waals surface area (Å²) in [5.74, 6) is -0.212. The maximum atomic E-state index is 13.3. The first-order valence-corrected chi connectivity index (χ1v) is 9.09. The summed E-state index contributed by atoms with van der Waals surface area (Å²) in [6.07, 6.45) is 7.30. The molecule has 142 valence electrons. The predicted octanol–water partition coefficient (Wildman–Crippen LogP) is 2.97. The van der Waals surface area contributed by atoms with Crippen LogP contribution in [-0.2, 0) is 0 Å². The Morgan fingerprint density at radius 1 is 1.19 bits per heavy atom. The maximum absolute atomic E-state index is 13.3. The first-order chi connectivity index (χ1) is 13.0. The third-order valence-corrected chi connectivity index (χ3v) is 4.99. The zero-order valence-electron chi connectivity index (χ0n) is 15.1. The zero-order valence-corrected chi connectivity index (χ0v) is 15.1. The van der Waals surface area contributed by atoms with E-state index in [0.717, 1.165) is 30.4 Å². The topological polar surface area (TPSA) is 53.7 Å². The average Bonchev–Trinajstić information content (AvgIpc) is 3.11. The largest absolute Gasteiger partial charge is 0.368 e. The van der Waals surface area contributed by atoms with Gasteiger partial charge in [0.2, 0.25) is 0 Å². The number of hydrogen-bond donors (Lipinski definition) is 0. The lowest BCUT2D eigenvalue weighted by Gasteiger charge is -2.37. The van der Waals surface area contributed by atoms with Crippen molar-refractivity contribution in [3.8, 4) is 0 Å². The van der Waals surface area contributed by atoms with E-state index in [1.165, 1.54) is 18.0 Å². The highest BCUT2D eigenvalue weighted by Gasteiger charge is 2.27. The van der Waals surface area contributed by atoms with E-state index in [9.17, 15) is 13.6 Å². The number of halogens is 2. The van der Waals surface area contributed by atoms with Gasteiger partial charge in [0.25, 0.3) is 12.3 Å². The SMILES string of the molecule is Cc1cc(C(F)F)n2ncc(C(=O)N3CCN(C4=CCCC=C4)CC3)c2n1. The van der Waals surface area contributed by atoms with E-state index < -0.39 is 6.43 Å². The summed E-state index contributed by atoms with van der Waals surface area (Å²) in [5.41, 5.74) is 1.86. The van der Waals surface area contributed by atoms with Gasteiger partial charge in [-0.3, -0.25) is 4.79 Å². The molecule has 27 heavy (non-hydrogen) atoms. The molecular weight excluding hydrogens is 352 g/mol. The Bertz CT molecular complexity index is 926.